The van der Waals surface area contributed by atoms with Crippen LogP contribution in [0.4, 0.5) is 11.8 Å². The van der Waals surface area contributed by atoms with Crippen LogP contribution in [0, 0.1) is 0 Å². The van der Waals surface area contributed by atoms with E-state index < -0.39 is 0 Å². The first-order valence-electron chi connectivity index (χ1n) is 9.05. The fraction of sp³-hybridized carbons (Fsp3) is 0.765. The van der Waals surface area contributed by atoms with Crippen LogP contribution >= 0.6 is 0 Å². The summed E-state index contributed by atoms with van der Waals surface area (Å²) in [6.07, 6.45) is 2.43. The van der Waals surface area contributed by atoms with Gasteiger partial charge < -0.3 is 20.6 Å². The molecule has 2 fully saturated rings. The molecule has 1 aromatic heterocycles. The number of anilines is 2. The van der Waals surface area contributed by atoms with Crippen molar-refractivity contribution in [1.82, 2.24) is 19.8 Å². The van der Waals surface area contributed by atoms with Gasteiger partial charge in [0.2, 0.25) is 5.95 Å². The maximum Gasteiger partial charge on any atom is 0.225 e. The van der Waals surface area contributed by atoms with Gasteiger partial charge >= 0.3 is 0 Å². The summed E-state index contributed by atoms with van der Waals surface area (Å²) in [7, 11) is 2.18. The van der Waals surface area contributed by atoms with Crippen LogP contribution < -0.4 is 10.6 Å². The van der Waals surface area contributed by atoms with Crippen molar-refractivity contribution < 1.29 is 5.11 Å². The van der Waals surface area contributed by atoms with Crippen LogP contribution in [0.1, 0.15) is 31.4 Å². The van der Waals surface area contributed by atoms with Gasteiger partial charge in [-0.3, -0.25) is 4.90 Å². The highest BCUT2D eigenvalue weighted by Crippen LogP contribution is 2.39. The smallest absolute Gasteiger partial charge is 0.225 e. The molecule has 7 heteroatoms. The van der Waals surface area contributed by atoms with E-state index in [2.05, 4.69) is 43.5 Å². The van der Waals surface area contributed by atoms with Crippen LogP contribution in [0.25, 0.3) is 0 Å². The standard InChI is InChI=1S/C17H30N6O/c1-13(12-24)19-17-20-15(14-3-4-14)11-16(21-17)18-5-6-23-9-7-22(2)8-10-23/h11,13-14,24H,3-10,12H2,1-2H3,(H2,18,19,20,21)/t13-/m0/s1. The highest BCUT2D eigenvalue weighted by Gasteiger charge is 2.26. The van der Waals surface area contributed by atoms with E-state index in [4.69, 9.17) is 0 Å². The lowest BCUT2D eigenvalue weighted by Gasteiger charge is -2.32. The third kappa shape index (κ3) is 5.03. The quantitative estimate of drug-likeness (QED) is 0.649. The van der Waals surface area contributed by atoms with E-state index in [1.54, 1.807) is 0 Å². The zero-order valence-electron chi connectivity index (χ0n) is 14.8. The summed E-state index contributed by atoms with van der Waals surface area (Å²) >= 11 is 0. The average Bonchev–Trinajstić information content (AvgIpc) is 3.41. The lowest BCUT2D eigenvalue weighted by molar-refractivity contribution is 0.158. The molecule has 3 rings (SSSR count). The van der Waals surface area contributed by atoms with Gasteiger partial charge in [0, 0.05) is 57.3 Å². The number of aliphatic hydroxyl groups is 1. The SMILES string of the molecule is C[C@@H](CO)Nc1nc(NCCN2CCN(C)CC2)cc(C2CC2)n1. The summed E-state index contributed by atoms with van der Waals surface area (Å²) in [5, 5.41) is 15.8. The number of hydrogen-bond donors (Lipinski definition) is 3. The molecule has 1 aliphatic heterocycles. The van der Waals surface area contributed by atoms with Crippen LogP contribution in [0.2, 0.25) is 0 Å². The van der Waals surface area contributed by atoms with Crippen molar-refractivity contribution in [2.24, 2.45) is 0 Å². The molecule has 0 aromatic carbocycles. The highest BCUT2D eigenvalue weighted by atomic mass is 16.3. The first kappa shape index (κ1) is 17.4. The number of rotatable bonds is 8. The number of likely N-dealkylation sites (N-methyl/N-ethyl adjacent to an activating group) is 1. The average molecular weight is 334 g/mol. The highest BCUT2D eigenvalue weighted by molar-refractivity contribution is 5.44. The topological polar surface area (TPSA) is 76.6 Å². The van der Waals surface area contributed by atoms with E-state index in [-0.39, 0.29) is 12.6 Å². The summed E-state index contributed by atoms with van der Waals surface area (Å²) in [6.45, 7) is 8.48. The van der Waals surface area contributed by atoms with Crippen LogP contribution in [-0.2, 0) is 0 Å². The van der Waals surface area contributed by atoms with Crippen LogP contribution in [0.3, 0.4) is 0 Å². The molecule has 0 bridgehead atoms. The zero-order valence-corrected chi connectivity index (χ0v) is 14.8. The molecular weight excluding hydrogens is 304 g/mol. The van der Waals surface area contributed by atoms with E-state index in [0.29, 0.717) is 11.9 Å². The number of aromatic nitrogens is 2. The molecule has 3 N–H and O–H groups in total. The molecule has 0 spiro atoms. The van der Waals surface area contributed by atoms with Crippen LogP contribution in [-0.4, -0.2) is 83.8 Å². The first-order valence-corrected chi connectivity index (χ1v) is 9.05. The fourth-order valence-electron chi connectivity index (χ4n) is 2.89. The second-order valence-corrected chi connectivity index (χ2v) is 7.08. The molecule has 0 amide bonds. The number of piperazine rings is 1. The maximum atomic E-state index is 9.22. The predicted octanol–water partition coefficient (Wildman–Crippen LogP) is 0.806. The second-order valence-electron chi connectivity index (χ2n) is 7.08. The van der Waals surface area contributed by atoms with Gasteiger partial charge in [0.15, 0.2) is 0 Å². The third-order valence-electron chi connectivity index (χ3n) is 4.72. The second kappa shape index (κ2) is 8.09. The van der Waals surface area contributed by atoms with Crippen molar-refractivity contribution in [3.63, 3.8) is 0 Å². The summed E-state index contributed by atoms with van der Waals surface area (Å²) < 4.78 is 0. The van der Waals surface area contributed by atoms with Crippen molar-refractivity contribution >= 4 is 11.8 Å². The van der Waals surface area contributed by atoms with Gasteiger partial charge in [0.1, 0.15) is 5.82 Å². The molecule has 134 valence electrons. The maximum absolute atomic E-state index is 9.22. The minimum absolute atomic E-state index is 0.0438. The summed E-state index contributed by atoms with van der Waals surface area (Å²) in [5.74, 6) is 2.08. The van der Waals surface area contributed by atoms with Crippen LogP contribution in [0.15, 0.2) is 6.07 Å². The summed E-state index contributed by atoms with van der Waals surface area (Å²) in [6, 6.07) is 2.04. The van der Waals surface area contributed by atoms with Crippen molar-refractivity contribution in [2.45, 2.75) is 31.7 Å². The van der Waals surface area contributed by atoms with Gasteiger partial charge in [0.05, 0.1) is 12.3 Å². The van der Waals surface area contributed by atoms with E-state index in [9.17, 15) is 5.11 Å². The number of aliphatic hydroxyl groups excluding tert-OH is 1. The lowest BCUT2D eigenvalue weighted by Crippen LogP contribution is -2.45. The number of nitrogens with one attached hydrogen (secondary N) is 2. The number of hydrogen-bond acceptors (Lipinski definition) is 7. The van der Waals surface area contributed by atoms with E-state index in [1.807, 2.05) is 6.92 Å². The van der Waals surface area contributed by atoms with Gasteiger partial charge in [-0.15, -0.1) is 0 Å². The summed E-state index contributed by atoms with van der Waals surface area (Å²) in [4.78, 5) is 14.0. The van der Waals surface area contributed by atoms with Crippen LogP contribution in [0.5, 0.6) is 0 Å². The Kier molecular flexibility index (Phi) is 5.86. The predicted molar refractivity (Wildman–Crippen MR) is 96.6 cm³/mol. The third-order valence-corrected chi connectivity index (χ3v) is 4.72. The Balaban J connectivity index is 1.55. The molecular formula is C17H30N6O. The Labute approximate surface area is 144 Å². The molecule has 1 atom stereocenters. The minimum Gasteiger partial charge on any atom is -0.394 e. The Bertz CT molecular complexity index is 528. The number of nitrogens with zero attached hydrogens (tertiary/aromatic N) is 4. The Morgan fingerprint density at radius 1 is 1.25 bits per heavy atom. The molecule has 1 aliphatic carbocycles. The van der Waals surface area contributed by atoms with Crippen molar-refractivity contribution in [3.8, 4) is 0 Å². The normalized spacial score (nSPS) is 20.8. The molecule has 1 saturated heterocycles. The van der Waals surface area contributed by atoms with Crippen molar-refractivity contribution in [1.29, 1.82) is 0 Å². The van der Waals surface area contributed by atoms with Gasteiger partial charge in [-0.05, 0) is 26.8 Å². The van der Waals surface area contributed by atoms with Gasteiger partial charge in [0.25, 0.3) is 0 Å². The molecule has 7 nitrogen and oxygen atoms in total. The Hall–Kier alpha value is -1.44. The van der Waals surface area contributed by atoms with Crippen molar-refractivity contribution in [3.05, 3.63) is 11.8 Å². The summed E-state index contributed by atoms with van der Waals surface area (Å²) in [5.41, 5.74) is 1.11. The molecule has 2 heterocycles. The lowest BCUT2D eigenvalue weighted by atomic mass is 10.2. The van der Waals surface area contributed by atoms with Gasteiger partial charge in [-0.2, -0.15) is 4.98 Å². The molecule has 0 unspecified atom stereocenters. The van der Waals surface area contributed by atoms with Gasteiger partial charge in [-0.1, -0.05) is 0 Å². The molecule has 2 aliphatic rings. The zero-order chi connectivity index (χ0) is 16.9. The molecule has 0 radical (unpaired) electrons. The Morgan fingerprint density at radius 2 is 2.00 bits per heavy atom. The fourth-order valence-corrected chi connectivity index (χ4v) is 2.89. The first-order chi connectivity index (χ1) is 11.6. The van der Waals surface area contributed by atoms with Gasteiger partial charge in [-0.25, -0.2) is 4.98 Å². The molecule has 1 saturated carbocycles. The van der Waals surface area contributed by atoms with E-state index >= 15 is 0 Å². The minimum atomic E-state index is -0.0438. The van der Waals surface area contributed by atoms with Crippen molar-refractivity contribution in [2.75, 3.05) is 63.6 Å². The van der Waals surface area contributed by atoms with E-state index in [1.165, 1.54) is 12.8 Å². The Morgan fingerprint density at radius 3 is 2.67 bits per heavy atom. The largest absolute Gasteiger partial charge is 0.394 e. The molecule has 1 aromatic rings. The molecule has 24 heavy (non-hydrogen) atoms. The monoisotopic (exact) mass is 334 g/mol. The van der Waals surface area contributed by atoms with E-state index in [0.717, 1.165) is 50.8 Å².